The van der Waals surface area contributed by atoms with Gasteiger partial charge in [0.25, 0.3) is 0 Å². The molecule has 1 unspecified atom stereocenters. The second-order valence-electron chi connectivity index (χ2n) is 4.60. The molecule has 5 N–H and O–H groups in total. The molecule has 0 fully saturated rings. The van der Waals surface area contributed by atoms with Crippen LogP contribution in [0.2, 0.25) is 5.02 Å². The van der Waals surface area contributed by atoms with Crippen LogP contribution in [0.25, 0.3) is 0 Å². The topological polar surface area (TPSA) is 107 Å². The number of nitrogens with one attached hydrogen (secondary N) is 1. The van der Waals surface area contributed by atoms with Gasteiger partial charge in [0.15, 0.2) is 0 Å². The number of carbonyl (C=O) groups excluding carboxylic acids is 2. The van der Waals surface area contributed by atoms with Gasteiger partial charge < -0.3 is 21.5 Å². The molecule has 0 spiro atoms. The number of rotatable bonds is 8. The van der Waals surface area contributed by atoms with Gasteiger partial charge in [-0.15, -0.1) is 0 Å². The quantitative estimate of drug-likeness (QED) is 0.633. The predicted octanol–water partition coefficient (Wildman–Crippen LogP) is 1.55. The number of nitrogens with two attached hydrogens (primary N) is 2. The molecule has 0 aromatic heterocycles. The first-order valence-electron chi connectivity index (χ1n) is 6.69. The summed E-state index contributed by atoms with van der Waals surface area (Å²) >= 11 is 5.95. The van der Waals surface area contributed by atoms with Gasteiger partial charge in [-0.05, 0) is 25.3 Å². The van der Waals surface area contributed by atoms with Crippen LogP contribution in [-0.4, -0.2) is 24.6 Å². The van der Waals surface area contributed by atoms with E-state index in [4.69, 9.17) is 27.8 Å². The average molecular weight is 314 g/mol. The lowest BCUT2D eigenvalue weighted by molar-refractivity contribution is -0.119. The van der Waals surface area contributed by atoms with Gasteiger partial charge in [0, 0.05) is 17.1 Å². The zero-order valence-electron chi connectivity index (χ0n) is 11.7. The molecule has 0 saturated heterocycles. The number of unbranched alkanes of at least 4 members (excludes halogenated alkanes) is 1. The van der Waals surface area contributed by atoms with Gasteiger partial charge in [0.1, 0.15) is 6.61 Å². The Morgan fingerprint density at radius 1 is 1.29 bits per heavy atom. The summed E-state index contributed by atoms with van der Waals surface area (Å²) in [5, 5.41) is 3.17. The molecule has 1 aromatic rings. The Labute approximate surface area is 128 Å². The van der Waals surface area contributed by atoms with Crippen molar-refractivity contribution >= 4 is 23.6 Å². The Hall–Kier alpha value is -1.79. The number of alkyl carbamates (subject to hydrolysis) is 1. The number of hydrogen-bond acceptors (Lipinski definition) is 4. The van der Waals surface area contributed by atoms with E-state index >= 15 is 0 Å². The molecule has 0 radical (unpaired) electrons. The van der Waals surface area contributed by atoms with Crippen LogP contribution in [0.1, 0.15) is 24.8 Å². The van der Waals surface area contributed by atoms with Crippen molar-refractivity contribution in [3.8, 4) is 0 Å². The lowest BCUT2D eigenvalue weighted by atomic mass is 10.1. The minimum atomic E-state index is -0.628. The maximum Gasteiger partial charge on any atom is 0.407 e. The highest BCUT2D eigenvalue weighted by atomic mass is 35.5. The third-order valence-electron chi connectivity index (χ3n) is 2.89. The highest BCUT2D eigenvalue weighted by Gasteiger charge is 2.08. The van der Waals surface area contributed by atoms with Crippen molar-refractivity contribution in [1.82, 2.24) is 5.32 Å². The van der Waals surface area contributed by atoms with Gasteiger partial charge in [-0.2, -0.15) is 0 Å². The SMILES string of the molecule is NC(=O)C(N)CCCCNC(=O)OCc1ccccc1Cl. The zero-order valence-corrected chi connectivity index (χ0v) is 12.4. The number of primary amides is 1. The molecule has 21 heavy (non-hydrogen) atoms. The first kappa shape index (κ1) is 17.3. The molecule has 0 aliphatic heterocycles. The van der Waals surface area contributed by atoms with Crippen LogP contribution in [-0.2, 0) is 16.1 Å². The number of hydrogen-bond donors (Lipinski definition) is 3. The largest absolute Gasteiger partial charge is 0.445 e. The third kappa shape index (κ3) is 6.97. The van der Waals surface area contributed by atoms with Crippen molar-refractivity contribution in [3.63, 3.8) is 0 Å². The van der Waals surface area contributed by atoms with Crippen LogP contribution in [0.15, 0.2) is 24.3 Å². The molecule has 1 atom stereocenters. The van der Waals surface area contributed by atoms with Gasteiger partial charge >= 0.3 is 6.09 Å². The fourth-order valence-electron chi connectivity index (χ4n) is 1.63. The van der Waals surface area contributed by atoms with Crippen molar-refractivity contribution in [2.24, 2.45) is 11.5 Å². The van der Waals surface area contributed by atoms with E-state index in [9.17, 15) is 9.59 Å². The lowest BCUT2D eigenvalue weighted by Crippen LogP contribution is -2.36. The predicted molar refractivity (Wildman–Crippen MR) is 80.7 cm³/mol. The summed E-state index contributed by atoms with van der Waals surface area (Å²) in [4.78, 5) is 22.2. The summed E-state index contributed by atoms with van der Waals surface area (Å²) in [6.45, 7) is 0.574. The van der Waals surface area contributed by atoms with E-state index in [-0.39, 0.29) is 6.61 Å². The van der Waals surface area contributed by atoms with Gasteiger partial charge in [-0.3, -0.25) is 4.79 Å². The molecule has 116 valence electrons. The van der Waals surface area contributed by atoms with Crippen molar-refractivity contribution < 1.29 is 14.3 Å². The van der Waals surface area contributed by atoms with Crippen LogP contribution in [0, 0.1) is 0 Å². The third-order valence-corrected chi connectivity index (χ3v) is 3.26. The van der Waals surface area contributed by atoms with Crippen LogP contribution in [0.3, 0.4) is 0 Å². The minimum Gasteiger partial charge on any atom is -0.445 e. The van der Waals surface area contributed by atoms with E-state index < -0.39 is 18.0 Å². The first-order valence-corrected chi connectivity index (χ1v) is 7.07. The molecule has 6 nitrogen and oxygen atoms in total. The Kier molecular flexibility index (Phi) is 7.56. The lowest BCUT2D eigenvalue weighted by Gasteiger charge is -2.09. The van der Waals surface area contributed by atoms with E-state index in [2.05, 4.69) is 5.32 Å². The fourth-order valence-corrected chi connectivity index (χ4v) is 1.82. The highest BCUT2D eigenvalue weighted by molar-refractivity contribution is 6.31. The maximum atomic E-state index is 11.5. The van der Waals surface area contributed by atoms with Crippen molar-refractivity contribution in [2.75, 3.05) is 6.54 Å². The second kappa shape index (κ2) is 9.20. The van der Waals surface area contributed by atoms with Crippen molar-refractivity contribution in [3.05, 3.63) is 34.9 Å². The summed E-state index contributed by atoms with van der Waals surface area (Å²) in [5.41, 5.74) is 11.3. The van der Waals surface area contributed by atoms with Crippen LogP contribution >= 0.6 is 11.6 Å². The van der Waals surface area contributed by atoms with Gasteiger partial charge in [-0.1, -0.05) is 29.8 Å². The summed E-state index contributed by atoms with van der Waals surface area (Å²) in [5.74, 6) is -0.512. The average Bonchev–Trinajstić information content (AvgIpc) is 2.45. The van der Waals surface area contributed by atoms with E-state index in [0.717, 1.165) is 5.56 Å². The number of ether oxygens (including phenoxy) is 1. The standard InChI is InChI=1S/C14H20ClN3O3/c15-11-6-2-1-5-10(11)9-21-14(20)18-8-4-3-7-12(16)13(17)19/h1-2,5-6,12H,3-4,7-9,16H2,(H2,17,19)(H,18,20). The summed E-state index contributed by atoms with van der Waals surface area (Å²) in [6.07, 6.45) is 1.40. The molecule has 0 saturated carbocycles. The number of halogens is 1. The van der Waals surface area contributed by atoms with E-state index in [1.54, 1.807) is 12.1 Å². The van der Waals surface area contributed by atoms with Crippen LogP contribution < -0.4 is 16.8 Å². The Balaban J connectivity index is 2.12. The molecule has 1 rings (SSSR count). The van der Waals surface area contributed by atoms with Crippen LogP contribution in [0.4, 0.5) is 4.79 Å². The Morgan fingerprint density at radius 3 is 2.67 bits per heavy atom. The fraction of sp³-hybridized carbons (Fsp3) is 0.429. The minimum absolute atomic E-state index is 0.123. The Bertz CT molecular complexity index is 482. The van der Waals surface area contributed by atoms with Crippen molar-refractivity contribution in [1.29, 1.82) is 0 Å². The molecule has 0 bridgehead atoms. The molecule has 2 amide bonds. The van der Waals surface area contributed by atoms with Gasteiger partial charge in [-0.25, -0.2) is 4.79 Å². The normalized spacial score (nSPS) is 11.7. The van der Waals surface area contributed by atoms with Crippen LogP contribution in [0.5, 0.6) is 0 Å². The summed E-state index contributed by atoms with van der Waals surface area (Å²) < 4.78 is 5.04. The summed E-state index contributed by atoms with van der Waals surface area (Å²) in [7, 11) is 0. The molecular weight excluding hydrogens is 294 g/mol. The molecular formula is C14H20ClN3O3. The number of carbonyl (C=O) groups is 2. The number of benzene rings is 1. The molecule has 0 heterocycles. The van der Waals surface area contributed by atoms with Crippen molar-refractivity contribution in [2.45, 2.75) is 31.9 Å². The summed E-state index contributed by atoms with van der Waals surface area (Å²) in [6, 6.07) is 6.53. The highest BCUT2D eigenvalue weighted by Crippen LogP contribution is 2.15. The van der Waals surface area contributed by atoms with Gasteiger partial charge in [0.2, 0.25) is 5.91 Å². The van der Waals surface area contributed by atoms with E-state index in [0.29, 0.717) is 30.8 Å². The molecule has 7 heteroatoms. The zero-order chi connectivity index (χ0) is 15.7. The van der Waals surface area contributed by atoms with E-state index in [1.807, 2.05) is 12.1 Å². The smallest absolute Gasteiger partial charge is 0.407 e. The molecule has 1 aromatic carbocycles. The number of amides is 2. The maximum absolute atomic E-state index is 11.5. The van der Waals surface area contributed by atoms with E-state index in [1.165, 1.54) is 0 Å². The monoisotopic (exact) mass is 313 g/mol. The molecule has 0 aliphatic rings. The van der Waals surface area contributed by atoms with Gasteiger partial charge in [0.05, 0.1) is 6.04 Å². The first-order chi connectivity index (χ1) is 10.0. The second-order valence-corrected chi connectivity index (χ2v) is 5.01. The Morgan fingerprint density at radius 2 is 2.00 bits per heavy atom. The molecule has 0 aliphatic carbocycles.